The first kappa shape index (κ1) is 15.2. The monoisotopic (exact) mass is 307 g/mol. The van der Waals surface area contributed by atoms with Gasteiger partial charge in [0.15, 0.2) is 0 Å². The second-order valence-electron chi connectivity index (χ2n) is 5.85. The van der Waals surface area contributed by atoms with E-state index >= 15 is 0 Å². The summed E-state index contributed by atoms with van der Waals surface area (Å²) in [6, 6.07) is 6.76. The molecular weight excluding hydrogens is 285 g/mol. The number of ether oxygens (including phenoxy) is 1. The van der Waals surface area contributed by atoms with Crippen LogP contribution in [0, 0.1) is 5.82 Å². The van der Waals surface area contributed by atoms with Crippen molar-refractivity contribution < 1.29 is 13.9 Å². The molecule has 0 saturated carbocycles. The van der Waals surface area contributed by atoms with Crippen LogP contribution < -0.4 is 0 Å². The fraction of sp³-hybridized carbons (Fsp3) is 0.562. The van der Waals surface area contributed by atoms with Crippen molar-refractivity contribution in [3.05, 3.63) is 35.6 Å². The summed E-state index contributed by atoms with van der Waals surface area (Å²) in [5, 5.41) is 0. The molecule has 3 rings (SSSR count). The highest BCUT2D eigenvalue weighted by atomic mass is 19.1. The van der Waals surface area contributed by atoms with Crippen LogP contribution in [0.1, 0.15) is 11.6 Å². The molecule has 6 heteroatoms. The van der Waals surface area contributed by atoms with E-state index in [1.807, 2.05) is 22.9 Å². The van der Waals surface area contributed by atoms with Gasteiger partial charge in [-0.2, -0.15) is 0 Å². The van der Waals surface area contributed by atoms with E-state index in [-0.39, 0.29) is 17.9 Å². The quantitative estimate of drug-likeness (QED) is 0.790. The first-order chi connectivity index (χ1) is 10.7. The lowest BCUT2D eigenvalue weighted by Gasteiger charge is -2.42. The van der Waals surface area contributed by atoms with Crippen LogP contribution >= 0.6 is 0 Å². The molecule has 120 valence electrons. The summed E-state index contributed by atoms with van der Waals surface area (Å²) in [5.74, 6) is -0.208. The van der Waals surface area contributed by atoms with Crippen LogP contribution in [0.5, 0.6) is 0 Å². The lowest BCUT2D eigenvalue weighted by molar-refractivity contribution is 0.0327. The summed E-state index contributed by atoms with van der Waals surface area (Å²) in [4.78, 5) is 18.4. The molecule has 5 nitrogen and oxygen atoms in total. The van der Waals surface area contributed by atoms with Gasteiger partial charge >= 0.3 is 6.03 Å². The van der Waals surface area contributed by atoms with Crippen LogP contribution in [0.2, 0.25) is 0 Å². The van der Waals surface area contributed by atoms with Crippen molar-refractivity contribution >= 4 is 6.03 Å². The van der Waals surface area contributed by atoms with E-state index in [9.17, 15) is 9.18 Å². The number of urea groups is 1. The minimum absolute atomic E-state index is 0.0396. The summed E-state index contributed by atoms with van der Waals surface area (Å²) >= 11 is 0. The Balaban J connectivity index is 1.73. The number of hydrogen-bond acceptors (Lipinski definition) is 3. The average Bonchev–Trinajstić information content (AvgIpc) is 2.56. The first-order valence-electron chi connectivity index (χ1n) is 7.73. The number of hydrogen-bond donors (Lipinski definition) is 0. The fourth-order valence-electron chi connectivity index (χ4n) is 3.08. The third-order valence-electron chi connectivity index (χ3n) is 4.46. The number of carbonyl (C=O) groups excluding carboxylic acids is 1. The molecule has 22 heavy (non-hydrogen) atoms. The van der Waals surface area contributed by atoms with Crippen molar-refractivity contribution in [2.24, 2.45) is 0 Å². The molecular formula is C16H22FN3O2. The van der Waals surface area contributed by atoms with Crippen LogP contribution in [0.25, 0.3) is 0 Å². The number of benzene rings is 1. The molecule has 0 bridgehead atoms. The van der Waals surface area contributed by atoms with Crippen molar-refractivity contribution in [1.29, 1.82) is 0 Å². The number of carbonyl (C=O) groups is 1. The Labute approximate surface area is 130 Å². The molecule has 2 amide bonds. The van der Waals surface area contributed by atoms with E-state index in [4.69, 9.17) is 4.74 Å². The van der Waals surface area contributed by atoms with E-state index < -0.39 is 0 Å². The summed E-state index contributed by atoms with van der Waals surface area (Å²) < 4.78 is 19.4. The van der Waals surface area contributed by atoms with Gasteiger partial charge in [0, 0.05) is 38.3 Å². The number of piperazine rings is 1. The molecule has 1 unspecified atom stereocenters. The molecule has 0 N–H and O–H groups in total. The van der Waals surface area contributed by atoms with E-state index in [1.165, 1.54) is 6.07 Å². The molecule has 0 radical (unpaired) electrons. The Morgan fingerprint density at radius 3 is 2.59 bits per heavy atom. The van der Waals surface area contributed by atoms with Gasteiger partial charge in [0.1, 0.15) is 5.82 Å². The Bertz CT molecular complexity index is 534. The van der Waals surface area contributed by atoms with Gasteiger partial charge in [-0.15, -0.1) is 0 Å². The Kier molecular flexibility index (Phi) is 4.59. The summed E-state index contributed by atoms with van der Waals surface area (Å²) in [6.45, 7) is 4.40. The van der Waals surface area contributed by atoms with E-state index in [1.54, 1.807) is 12.1 Å². The Hall–Kier alpha value is -1.66. The molecule has 2 aliphatic rings. The van der Waals surface area contributed by atoms with Gasteiger partial charge in [-0.05, 0) is 13.1 Å². The molecule has 1 atom stereocenters. The van der Waals surface area contributed by atoms with Crippen molar-refractivity contribution in [3.63, 3.8) is 0 Å². The van der Waals surface area contributed by atoms with Crippen LogP contribution in [0.15, 0.2) is 24.3 Å². The van der Waals surface area contributed by atoms with Crippen LogP contribution in [0.3, 0.4) is 0 Å². The number of likely N-dealkylation sites (N-methyl/N-ethyl adjacent to an activating group) is 1. The zero-order chi connectivity index (χ0) is 15.5. The maximum atomic E-state index is 14.1. The highest BCUT2D eigenvalue weighted by molar-refractivity contribution is 5.74. The highest BCUT2D eigenvalue weighted by Gasteiger charge is 2.32. The number of amides is 2. The number of nitrogens with zero attached hydrogens (tertiary/aromatic N) is 3. The topological polar surface area (TPSA) is 36.0 Å². The van der Waals surface area contributed by atoms with Crippen molar-refractivity contribution in [1.82, 2.24) is 14.7 Å². The number of rotatable bonds is 1. The summed E-state index contributed by atoms with van der Waals surface area (Å²) in [7, 11) is 1.98. The van der Waals surface area contributed by atoms with Crippen molar-refractivity contribution in [2.75, 3.05) is 53.0 Å². The minimum atomic E-state index is -0.208. The highest BCUT2D eigenvalue weighted by Crippen LogP contribution is 2.26. The lowest BCUT2D eigenvalue weighted by Crippen LogP contribution is -2.55. The van der Waals surface area contributed by atoms with Gasteiger partial charge in [-0.1, -0.05) is 18.2 Å². The zero-order valence-electron chi connectivity index (χ0n) is 12.9. The van der Waals surface area contributed by atoms with Gasteiger partial charge in [0.25, 0.3) is 0 Å². The maximum Gasteiger partial charge on any atom is 0.320 e. The normalized spacial score (nSPS) is 23.6. The van der Waals surface area contributed by atoms with E-state index in [2.05, 4.69) is 4.90 Å². The zero-order valence-corrected chi connectivity index (χ0v) is 12.9. The molecule has 2 fully saturated rings. The molecule has 0 aliphatic carbocycles. The third kappa shape index (κ3) is 3.08. The standard InChI is InChI=1S/C16H22FN3O2/c1-18-6-7-20(16(21)19-8-10-22-11-9-19)12-15(18)13-4-2-3-5-14(13)17/h2-5,15H,6-12H2,1H3. The van der Waals surface area contributed by atoms with E-state index in [0.29, 0.717) is 45.0 Å². The lowest BCUT2D eigenvalue weighted by atomic mass is 10.0. The maximum absolute atomic E-state index is 14.1. The van der Waals surface area contributed by atoms with Crippen molar-refractivity contribution in [2.45, 2.75) is 6.04 Å². The number of morpholine rings is 1. The van der Waals surface area contributed by atoms with Crippen LogP contribution in [0.4, 0.5) is 9.18 Å². The molecule has 2 saturated heterocycles. The minimum Gasteiger partial charge on any atom is -0.378 e. The summed E-state index contributed by atoms with van der Waals surface area (Å²) in [6.07, 6.45) is 0. The molecule has 2 aliphatic heterocycles. The Morgan fingerprint density at radius 2 is 1.86 bits per heavy atom. The smallest absolute Gasteiger partial charge is 0.320 e. The van der Waals surface area contributed by atoms with E-state index in [0.717, 1.165) is 6.54 Å². The average molecular weight is 307 g/mol. The first-order valence-corrected chi connectivity index (χ1v) is 7.73. The van der Waals surface area contributed by atoms with Gasteiger partial charge in [-0.25, -0.2) is 9.18 Å². The van der Waals surface area contributed by atoms with Gasteiger partial charge in [0.05, 0.1) is 19.3 Å². The second-order valence-corrected chi connectivity index (χ2v) is 5.85. The fourth-order valence-corrected chi connectivity index (χ4v) is 3.08. The molecule has 0 aromatic heterocycles. The largest absolute Gasteiger partial charge is 0.378 e. The SMILES string of the molecule is CN1CCN(C(=O)N2CCOCC2)CC1c1ccccc1F. The predicted octanol–water partition coefficient (Wildman–Crippen LogP) is 1.57. The van der Waals surface area contributed by atoms with Crippen LogP contribution in [-0.2, 0) is 4.74 Å². The van der Waals surface area contributed by atoms with Gasteiger partial charge in [0.2, 0.25) is 0 Å². The molecule has 0 spiro atoms. The Morgan fingerprint density at radius 1 is 1.14 bits per heavy atom. The predicted molar refractivity (Wildman–Crippen MR) is 81.1 cm³/mol. The third-order valence-corrected chi connectivity index (χ3v) is 4.46. The molecule has 1 aromatic rings. The van der Waals surface area contributed by atoms with Gasteiger partial charge < -0.3 is 14.5 Å². The molecule has 2 heterocycles. The number of halogens is 1. The van der Waals surface area contributed by atoms with Crippen molar-refractivity contribution in [3.8, 4) is 0 Å². The van der Waals surface area contributed by atoms with Gasteiger partial charge in [-0.3, -0.25) is 4.90 Å². The second kappa shape index (κ2) is 6.62. The summed E-state index contributed by atoms with van der Waals surface area (Å²) in [5.41, 5.74) is 0.657. The van der Waals surface area contributed by atoms with Crippen LogP contribution in [-0.4, -0.2) is 73.7 Å². The molecule has 1 aromatic carbocycles.